The fourth-order valence-corrected chi connectivity index (χ4v) is 2.70. The fourth-order valence-electron chi connectivity index (χ4n) is 2.70. The SMILES string of the molecule is Cc1nc(CN(C)CC2CCCCC2O)oc1C. The van der Waals surface area contributed by atoms with E-state index in [4.69, 9.17) is 4.42 Å². The number of aryl methyl sites for hydroxylation is 2. The van der Waals surface area contributed by atoms with Gasteiger partial charge in [-0.3, -0.25) is 4.90 Å². The van der Waals surface area contributed by atoms with E-state index in [0.29, 0.717) is 5.92 Å². The quantitative estimate of drug-likeness (QED) is 0.893. The van der Waals surface area contributed by atoms with Gasteiger partial charge in [0, 0.05) is 6.54 Å². The largest absolute Gasteiger partial charge is 0.444 e. The maximum atomic E-state index is 9.97. The van der Waals surface area contributed by atoms with Gasteiger partial charge in [0.25, 0.3) is 0 Å². The van der Waals surface area contributed by atoms with E-state index < -0.39 is 0 Å². The van der Waals surface area contributed by atoms with E-state index in [1.807, 2.05) is 13.8 Å². The first-order valence-electron chi connectivity index (χ1n) is 6.85. The number of hydrogen-bond donors (Lipinski definition) is 1. The molecule has 0 aromatic carbocycles. The number of rotatable bonds is 4. The van der Waals surface area contributed by atoms with E-state index >= 15 is 0 Å². The van der Waals surface area contributed by atoms with E-state index in [-0.39, 0.29) is 6.10 Å². The summed E-state index contributed by atoms with van der Waals surface area (Å²) in [6.07, 6.45) is 4.37. The molecule has 1 saturated carbocycles. The first-order valence-corrected chi connectivity index (χ1v) is 6.85. The fraction of sp³-hybridized carbons (Fsp3) is 0.786. The van der Waals surface area contributed by atoms with Gasteiger partial charge in [-0.15, -0.1) is 0 Å². The predicted molar refractivity (Wildman–Crippen MR) is 70.3 cm³/mol. The van der Waals surface area contributed by atoms with Crippen LogP contribution in [-0.2, 0) is 6.54 Å². The van der Waals surface area contributed by atoms with Crippen molar-refractivity contribution in [1.82, 2.24) is 9.88 Å². The van der Waals surface area contributed by atoms with Gasteiger partial charge in [0.05, 0.1) is 18.3 Å². The molecule has 1 aromatic rings. The molecule has 0 amide bonds. The third-order valence-electron chi connectivity index (χ3n) is 3.89. The van der Waals surface area contributed by atoms with Gasteiger partial charge in [0.1, 0.15) is 5.76 Å². The van der Waals surface area contributed by atoms with Gasteiger partial charge in [0.2, 0.25) is 5.89 Å². The minimum absolute atomic E-state index is 0.130. The summed E-state index contributed by atoms with van der Waals surface area (Å²) in [7, 11) is 2.07. The normalized spacial score (nSPS) is 24.7. The van der Waals surface area contributed by atoms with Crippen LogP contribution in [0.15, 0.2) is 4.42 Å². The summed E-state index contributed by atoms with van der Waals surface area (Å²) in [6, 6.07) is 0. The predicted octanol–water partition coefficient (Wildman–Crippen LogP) is 2.27. The molecule has 1 aliphatic carbocycles. The number of hydrogen-bond acceptors (Lipinski definition) is 4. The zero-order valence-corrected chi connectivity index (χ0v) is 11.6. The molecule has 1 N–H and O–H groups in total. The van der Waals surface area contributed by atoms with E-state index in [1.54, 1.807) is 0 Å². The molecule has 0 saturated heterocycles. The van der Waals surface area contributed by atoms with Gasteiger partial charge in [-0.05, 0) is 39.7 Å². The van der Waals surface area contributed by atoms with Crippen LogP contribution in [0.5, 0.6) is 0 Å². The van der Waals surface area contributed by atoms with Gasteiger partial charge in [-0.2, -0.15) is 0 Å². The summed E-state index contributed by atoms with van der Waals surface area (Å²) in [4.78, 5) is 6.59. The molecule has 2 atom stereocenters. The molecule has 0 radical (unpaired) electrons. The second-order valence-corrected chi connectivity index (χ2v) is 5.56. The van der Waals surface area contributed by atoms with Crippen molar-refractivity contribution in [2.24, 2.45) is 5.92 Å². The van der Waals surface area contributed by atoms with E-state index in [2.05, 4.69) is 16.9 Å². The number of aliphatic hydroxyl groups is 1. The molecule has 0 aliphatic heterocycles. The van der Waals surface area contributed by atoms with E-state index in [0.717, 1.165) is 43.3 Å². The molecule has 1 aliphatic rings. The van der Waals surface area contributed by atoms with Crippen molar-refractivity contribution in [3.05, 3.63) is 17.3 Å². The molecular weight excluding hydrogens is 228 g/mol. The molecule has 18 heavy (non-hydrogen) atoms. The Morgan fingerprint density at radius 2 is 2.06 bits per heavy atom. The Hall–Kier alpha value is -0.870. The first-order chi connectivity index (χ1) is 8.56. The molecule has 4 heteroatoms. The summed E-state index contributed by atoms with van der Waals surface area (Å²) < 4.78 is 5.59. The summed E-state index contributed by atoms with van der Waals surface area (Å²) in [5.41, 5.74) is 0.969. The third kappa shape index (κ3) is 3.33. The Kier molecular flexibility index (Phi) is 4.40. The lowest BCUT2D eigenvalue weighted by Gasteiger charge is -2.30. The summed E-state index contributed by atoms with van der Waals surface area (Å²) in [6.45, 7) is 5.55. The van der Waals surface area contributed by atoms with Crippen molar-refractivity contribution >= 4 is 0 Å². The Labute approximate surface area is 109 Å². The number of aliphatic hydroxyl groups excluding tert-OH is 1. The molecule has 1 fully saturated rings. The molecular formula is C14H24N2O2. The molecule has 0 bridgehead atoms. The van der Waals surface area contributed by atoms with Crippen molar-refractivity contribution < 1.29 is 9.52 Å². The van der Waals surface area contributed by atoms with E-state index in [9.17, 15) is 5.11 Å². The van der Waals surface area contributed by atoms with Gasteiger partial charge < -0.3 is 9.52 Å². The molecule has 4 nitrogen and oxygen atoms in total. The Bertz CT molecular complexity index is 370. The Balaban J connectivity index is 1.86. The van der Waals surface area contributed by atoms with Gasteiger partial charge in [0.15, 0.2) is 0 Å². The van der Waals surface area contributed by atoms with E-state index in [1.165, 1.54) is 12.8 Å². The van der Waals surface area contributed by atoms with Crippen LogP contribution in [-0.4, -0.2) is 34.7 Å². The van der Waals surface area contributed by atoms with Crippen molar-refractivity contribution in [3.63, 3.8) is 0 Å². The van der Waals surface area contributed by atoms with Crippen LogP contribution < -0.4 is 0 Å². The number of nitrogens with zero attached hydrogens (tertiary/aromatic N) is 2. The average molecular weight is 252 g/mol. The highest BCUT2D eigenvalue weighted by atomic mass is 16.4. The van der Waals surface area contributed by atoms with Gasteiger partial charge >= 0.3 is 0 Å². The molecule has 2 unspecified atom stereocenters. The first kappa shape index (κ1) is 13.6. The van der Waals surface area contributed by atoms with Crippen LogP contribution in [0.4, 0.5) is 0 Å². The average Bonchev–Trinajstić information content (AvgIpc) is 2.61. The summed E-state index contributed by atoms with van der Waals surface area (Å²) >= 11 is 0. The van der Waals surface area contributed by atoms with Gasteiger partial charge in [-0.25, -0.2) is 4.98 Å². The lowest BCUT2D eigenvalue weighted by atomic mass is 9.86. The van der Waals surface area contributed by atoms with Crippen LogP contribution in [0.2, 0.25) is 0 Å². The summed E-state index contributed by atoms with van der Waals surface area (Å²) in [5, 5.41) is 9.97. The molecule has 1 aromatic heterocycles. The van der Waals surface area contributed by atoms with Gasteiger partial charge in [-0.1, -0.05) is 12.8 Å². The van der Waals surface area contributed by atoms with Crippen LogP contribution in [0, 0.1) is 19.8 Å². The molecule has 102 valence electrons. The monoisotopic (exact) mass is 252 g/mol. The number of oxazole rings is 1. The minimum atomic E-state index is -0.130. The second kappa shape index (κ2) is 5.85. The van der Waals surface area contributed by atoms with Crippen molar-refractivity contribution in [1.29, 1.82) is 0 Å². The Morgan fingerprint density at radius 3 is 2.67 bits per heavy atom. The van der Waals surface area contributed by atoms with Crippen LogP contribution in [0.3, 0.4) is 0 Å². The third-order valence-corrected chi connectivity index (χ3v) is 3.89. The lowest BCUT2D eigenvalue weighted by molar-refractivity contribution is 0.0487. The van der Waals surface area contributed by atoms with Crippen LogP contribution >= 0.6 is 0 Å². The van der Waals surface area contributed by atoms with Crippen molar-refractivity contribution in [3.8, 4) is 0 Å². The van der Waals surface area contributed by atoms with Crippen molar-refractivity contribution in [2.45, 2.75) is 52.2 Å². The highest BCUT2D eigenvalue weighted by Gasteiger charge is 2.24. The van der Waals surface area contributed by atoms with Crippen LogP contribution in [0.25, 0.3) is 0 Å². The van der Waals surface area contributed by atoms with Crippen molar-refractivity contribution in [2.75, 3.05) is 13.6 Å². The lowest BCUT2D eigenvalue weighted by Crippen LogP contribution is -2.34. The maximum Gasteiger partial charge on any atom is 0.208 e. The second-order valence-electron chi connectivity index (χ2n) is 5.56. The smallest absolute Gasteiger partial charge is 0.208 e. The molecule has 2 rings (SSSR count). The topological polar surface area (TPSA) is 49.5 Å². The maximum absolute atomic E-state index is 9.97. The number of aromatic nitrogens is 1. The zero-order chi connectivity index (χ0) is 13.1. The summed E-state index contributed by atoms with van der Waals surface area (Å²) in [5.74, 6) is 2.08. The standard InChI is InChI=1S/C14H24N2O2/c1-10-11(2)18-14(15-10)9-16(3)8-12-6-4-5-7-13(12)17/h12-13,17H,4-9H2,1-3H3. The zero-order valence-electron chi connectivity index (χ0n) is 11.6. The highest BCUT2D eigenvalue weighted by Crippen LogP contribution is 2.25. The molecule has 0 spiro atoms. The Morgan fingerprint density at radius 1 is 1.33 bits per heavy atom. The minimum Gasteiger partial charge on any atom is -0.444 e. The molecule has 1 heterocycles. The van der Waals surface area contributed by atoms with Crippen LogP contribution in [0.1, 0.15) is 43.0 Å². The highest BCUT2D eigenvalue weighted by molar-refractivity contribution is 5.05.